The highest BCUT2D eigenvalue weighted by atomic mass is 35.5. The normalized spacial score (nSPS) is 10.3. The first-order chi connectivity index (χ1) is 8.72. The van der Waals surface area contributed by atoms with Crippen LogP contribution in [0.3, 0.4) is 0 Å². The van der Waals surface area contributed by atoms with E-state index in [-0.39, 0.29) is 5.91 Å². The smallest absolute Gasteiger partial charge is 0.224 e. The van der Waals surface area contributed by atoms with Crippen LogP contribution in [0.4, 0.5) is 0 Å². The van der Waals surface area contributed by atoms with Crippen LogP contribution in [0.1, 0.15) is 5.56 Å². The third-order valence-electron chi connectivity index (χ3n) is 2.38. The van der Waals surface area contributed by atoms with E-state index >= 15 is 0 Å². The quantitative estimate of drug-likeness (QED) is 0.699. The fourth-order valence-corrected chi connectivity index (χ4v) is 1.57. The molecule has 0 aliphatic heterocycles. The van der Waals surface area contributed by atoms with Crippen molar-refractivity contribution in [1.82, 2.24) is 10.6 Å². The van der Waals surface area contributed by atoms with E-state index < -0.39 is 0 Å². The number of hydrogen-bond acceptors (Lipinski definition) is 3. The summed E-state index contributed by atoms with van der Waals surface area (Å²) >= 11 is 5.77. The van der Waals surface area contributed by atoms with E-state index in [0.717, 1.165) is 18.7 Å². The molecule has 2 N–H and O–H groups in total. The zero-order chi connectivity index (χ0) is 13.2. The molecule has 1 amide bonds. The Morgan fingerprint density at radius 2 is 1.94 bits per heavy atom. The maximum absolute atomic E-state index is 11.6. The van der Waals surface area contributed by atoms with Gasteiger partial charge in [-0.1, -0.05) is 23.7 Å². The maximum Gasteiger partial charge on any atom is 0.224 e. The number of carbonyl (C=O) groups excluding carboxylic acids is 1. The van der Waals surface area contributed by atoms with Crippen LogP contribution < -0.4 is 10.6 Å². The Kier molecular flexibility index (Phi) is 7.41. The minimum atomic E-state index is 0.0193. The summed E-state index contributed by atoms with van der Waals surface area (Å²) in [4.78, 5) is 11.6. The van der Waals surface area contributed by atoms with Gasteiger partial charge in [-0.25, -0.2) is 0 Å². The van der Waals surface area contributed by atoms with Gasteiger partial charge in [-0.3, -0.25) is 4.79 Å². The van der Waals surface area contributed by atoms with E-state index in [0.29, 0.717) is 24.6 Å². The van der Waals surface area contributed by atoms with Gasteiger partial charge in [0.05, 0.1) is 13.0 Å². The second-order valence-electron chi connectivity index (χ2n) is 3.90. The molecule has 0 heterocycles. The molecule has 1 rings (SSSR count). The molecule has 0 aliphatic rings. The third kappa shape index (κ3) is 6.59. The van der Waals surface area contributed by atoms with Crippen LogP contribution in [0.2, 0.25) is 5.02 Å². The lowest BCUT2D eigenvalue weighted by molar-refractivity contribution is -0.120. The van der Waals surface area contributed by atoms with Crippen molar-refractivity contribution in [3.05, 3.63) is 34.9 Å². The monoisotopic (exact) mass is 270 g/mol. The molecular weight excluding hydrogens is 252 g/mol. The average Bonchev–Trinajstić information content (AvgIpc) is 2.36. The minimum Gasteiger partial charge on any atom is -0.383 e. The van der Waals surface area contributed by atoms with Crippen LogP contribution in [-0.4, -0.2) is 39.3 Å². The molecule has 4 nitrogen and oxygen atoms in total. The highest BCUT2D eigenvalue weighted by Crippen LogP contribution is 2.09. The first kappa shape index (κ1) is 15.0. The lowest BCUT2D eigenvalue weighted by Gasteiger charge is -2.06. The Morgan fingerprint density at radius 3 is 2.61 bits per heavy atom. The molecule has 100 valence electrons. The topological polar surface area (TPSA) is 50.4 Å². The third-order valence-corrected chi connectivity index (χ3v) is 2.64. The Bertz CT molecular complexity index is 355. The van der Waals surface area contributed by atoms with Crippen molar-refractivity contribution < 1.29 is 9.53 Å². The highest BCUT2D eigenvalue weighted by molar-refractivity contribution is 6.30. The number of ether oxygens (including phenoxy) is 1. The van der Waals surface area contributed by atoms with E-state index in [1.54, 1.807) is 19.2 Å². The Balaban J connectivity index is 2.12. The van der Waals surface area contributed by atoms with E-state index in [1.165, 1.54) is 0 Å². The lowest BCUT2D eigenvalue weighted by Crippen LogP contribution is -2.33. The van der Waals surface area contributed by atoms with Crippen molar-refractivity contribution in [1.29, 1.82) is 0 Å². The van der Waals surface area contributed by atoms with Crippen LogP contribution in [-0.2, 0) is 16.0 Å². The van der Waals surface area contributed by atoms with Gasteiger partial charge in [0.2, 0.25) is 5.91 Å². The lowest BCUT2D eigenvalue weighted by atomic mass is 10.1. The van der Waals surface area contributed by atoms with Crippen molar-refractivity contribution in [3.63, 3.8) is 0 Å². The fraction of sp³-hybridized carbons (Fsp3) is 0.462. The van der Waals surface area contributed by atoms with Crippen molar-refractivity contribution in [3.8, 4) is 0 Å². The summed E-state index contributed by atoms with van der Waals surface area (Å²) in [6.45, 7) is 2.84. The average molecular weight is 271 g/mol. The summed E-state index contributed by atoms with van der Waals surface area (Å²) in [5.41, 5.74) is 0.962. The van der Waals surface area contributed by atoms with Crippen LogP contribution in [0.15, 0.2) is 24.3 Å². The highest BCUT2D eigenvalue weighted by Gasteiger charge is 2.02. The van der Waals surface area contributed by atoms with Crippen LogP contribution in [0.5, 0.6) is 0 Å². The zero-order valence-electron chi connectivity index (χ0n) is 10.5. The molecule has 0 saturated carbocycles. The fourth-order valence-electron chi connectivity index (χ4n) is 1.44. The molecule has 0 radical (unpaired) electrons. The van der Waals surface area contributed by atoms with Gasteiger partial charge >= 0.3 is 0 Å². The van der Waals surface area contributed by atoms with Crippen LogP contribution >= 0.6 is 11.6 Å². The number of hydrogen-bond donors (Lipinski definition) is 2. The molecule has 0 bridgehead atoms. The van der Waals surface area contributed by atoms with Gasteiger partial charge < -0.3 is 15.4 Å². The number of benzene rings is 1. The van der Waals surface area contributed by atoms with Crippen molar-refractivity contribution >= 4 is 17.5 Å². The van der Waals surface area contributed by atoms with Gasteiger partial charge in [0.25, 0.3) is 0 Å². The van der Waals surface area contributed by atoms with Crippen molar-refractivity contribution in [2.45, 2.75) is 6.42 Å². The summed E-state index contributed by atoms with van der Waals surface area (Å²) < 4.78 is 4.90. The van der Waals surface area contributed by atoms with E-state index in [9.17, 15) is 4.79 Å². The number of halogens is 1. The number of nitrogens with one attached hydrogen (secondary N) is 2. The molecule has 0 aliphatic carbocycles. The first-order valence-corrected chi connectivity index (χ1v) is 6.31. The second-order valence-corrected chi connectivity index (χ2v) is 4.33. The molecule has 1 aromatic carbocycles. The maximum atomic E-state index is 11.6. The van der Waals surface area contributed by atoms with Gasteiger partial charge in [0.15, 0.2) is 0 Å². The van der Waals surface area contributed by atoms with E-state index in [4.69, 9.17) is 16.3 Å². The van der Waals surface area contributed by atoms with E-state index in [2.05, 4.69) is 10.6 Å². The van der Waals surface area contributed by atoms with Gasteiger partial charge in [-0.05, 0) is 17.7 Å². The van der Waals surface area contributed by atoms with Crippen molar-refractivity contribution in [2.24, 2.45) is 0 Å². The van der Waals surface area contributed by atoms with Crippen LogP contribution in [0, 0.1) is 0 Å². The van der Waals surface area contributed by atoms with Gasteiger partial charge in [-0.2, -0.15) is 0 Å². The standard InChI is InChI=1S/C13H19ClN2O2/c1-18-9-8-15-6-7-16-13(17)10-11-2-4-12(14)5-3-11/h2-5,15H,6-10H2,1H3,(H,16,17). The first-order valence-electron chi connectivity index (χ1n) is 5.93. The molecule has 0 atom stereocenters. The number of amides is 1. The summed E-state index contributed by atoms with van der Waals surface area (Å²) in [5, 5.41) is 6.69. The van der Waals surface area contributed by atoms with Gasteiger partial charge in [0, 0.05) is 31.8 Å². The molecule has 0 unspecified atom stereocenters. The summed E-state index contributed by atoms with van der Waals surface area (Å²) in [6.07, 6.45) is 0.384. The summed E-state index contributed by atoms with van der Waals surface area (Å²) in [7, 11) is 1.66. The second kappa shape index (κ2) is 8.91. The molecule has 0 saturated heterocycles. The van der Waals surface area contributed by atoms with Crippen LogP contribution in [0.25, 0.3) is 0 Å². The largest absolute Gasteiger partial charge is 0.383 e. The van der Waals surface area contributed by atoms with Gasteiger partial charge in [0.1, 0.15) is 0 Å². The predicted molar refractivity (Wildman–Crippen MR) is 72.9 cm³/mol. The van der Waals surface area contributed by atoms with E-state index in [1.807, 2.05) is 12.1 Å². The Labute approximate surface area is 113 Å². The zero-order valence-corrected chi connectivity index (χ0v) is 11.3. The number of carbonyl (C=O) groups is 1. The number of methoxy groups -OCH3 is 1. The molecular formula is C13H19ClN2O2. The molecule has 0 aromatic heterocycles. The Morgan fingerprint density at radius 1 is 1.22 bits per heavy atom. The minimum absolute atomic E-state index is 0.0193. The molecule has 1 aromatic rings. The molecule has 0 spiro atoms. The summed E-state index contributed by atoms with van der Waals surface area (Å²) in [6, 6.07) is 7.30. The summed E-state index contributed by atoms with van der Waals surface area (Å²) in [5.74, 6) is 0.0193. The van der Waals surface area contributed by atoms with Gasteiger partial charge in [-0.15, -0.1) is 0 Å². The SMILES string of the molecule is COCCNCCNC(=O)Cc1ccc(Cl)cc1. The molecule has 18 heavy (non-hydrogen) atoms. The molecule has 0 fully saturated rings. The predicted octanol–water partition coefficient (Wildman–Crippen LogP) is 1.23. The van der Waals surface area contributed by atoms with Crippen molar-refractivity contribution in [2.75, 3.05) is 33.4 Å². The number of rotatable bonds is 8. The Hall–Kier alpha value is -1.10. The molecule has 5 heteroatoms.